The molecule has 0 unspecified atom stereocenters. The number of nitrogens with one attached hydrogen (secondary N) is 2. The lowest BCUT2D eigenvalue weighted by atomic mass is 10.1. The van der Waals surface area contributed by atoms with Crippen LogP contribution in [0.5, 0.6) is 0 Å². The van der Waals surface area contributed by atoms with Crippen LogP contribution in [0.4, 0.5) is 0 Å². The third kappa shape index (κ3) is 3.37. The Balaban J connectivity index is 1.54. The molecule has 24 heavy (non-hydrogen) atoms. The Kier molecular flexibility index (Phi) is 4.74. The van der Waals surface area contributed by atoms with E-state index in [0.29, 0.717) is 6.54 Å². The van der Waals surface area contributed by atoms with Crippen molar-refractivity contribution in [2.45, 2.75) is 26.8 Å². The SMILES string of the molecule is CN=C(NCCc1c(C)noc1C)NCc1nnc2ccccn12. The molecule has 0 aliphatic carbocycles. The maximum Gasteiger partial charge on any atom is 0.191 e. The van der Waals surface area contributed by atoms with Crippen molar-refractivity contribution < 1.29 is 4.52 Å². The van der Waals surface area contributed by atoms with Crippen molar-refractivity contribution in [2.24, 2.45) is 4.99 Å². The maximum atomic E-state index is 5.17. The Morgan fingerprint density at radius 3 is 2.88 bits per heavy atom. The van der Waals surface area contributed by atoms with Crippen molar-refractivity contribution in [2.75, 3.05) is 13.6 Å². The van der Waals surface area contributed by atoms with E-state index in [9.17, 15) is 0 Å². The van der Waals surface area contributed by atoms with Crippen LogP contribution < -0.4 is 10.6 Å². The average Bonchev–Trinajstić information content (AvgIpc) is 3.15. The summed E-state index contributed by atoms with van der Waals surface area (Å²) in [6.45, 7) is 5.16. The minimum atomic E-state index is 0.538. The van der Waals surface area contributed by atoms with Gasteiger partial charge < -0.3 is 15.2 Å². The van der Waals surface area contributed by atoms with Gasteiger partial charge in [0.1, 0.15) is 5.76 Å². The van der Waals surface area contributed by atoms with Crippen molar-refractivity contribution in [3.8, 4) is 0 Å². The first-order valence-corrected chi connectivity index (χ1v) is 7.84. The fourth-order valence-corrected chi connectivity index (χ4v) is 2.56. The number of aryl methyl sites for hydroxylation is 2. The number of hydrogen-bond donors (Lipinski definition) is 2. The summed E-state index contributed by atoms with van der Waals surface area (Å²) < 4.78 is 7.12. The standard InChI is InChI=1S/C16H21N7O/c1-11-13(12(2)24-22-11)7-8-18-16(17-3)19-10-15-21-20-14-6-4-5-9-23(14)15/h4-6,9H,7-8,10H2,1-3H3,(H2,17,18,19). The third-order valence-electron chi connectivity index (χ3n) is 3.87. The van der Waals surface area contributed by atoms with Gasteiger partial charge in [0, 0.05) is 25.4 Å². The summed E-state index contributed by atoms with van der Waals surface area (Å²) in [4.78, 5) is 4.23. The molecule has 3 heterocycles. The van der Waals surface area contributed by atoms with Crippen molar-refractivity contribution in [3.63, 3.8) is 0 Å². The second-order valence-electron chi connectivity index (χ2n) is 5.45. The van der Waals surface area contributed by atoms with E-state index in [1.807, 2.05) is 42.6 Å². The first kappa shape index (κ1) is 16.0. The highest BCUT2D eigenvalue weighted by Gasteiger charge is 2.09. The Morgan fingerprint density at radius 1 is 1.25 bits per heavy atom. The van der Waals surface area contributed by atoms with E-state index < -0.39 is 0 Å². The lowest BCUT2D eigenvalue weighted by Gasteiger charge is -2.11. The van der Waals surface area contributed by atoms with Crippen molar-refractivity contribution in [1.82, 2.24) is 30.4 Å². The second-order valence-corrected chi connectivity index (χ2v) is 5.45. The van der Waals surface area contributed by atoms with Gasteiger partial charge in [-0.1, -0.05) is 11.2 Å². The molecule has 0 bridgehead atoms. The third-order valence-corrected chi connectivity index (χ3v) is 3.87. The summed E-state index contributed by atoms with van der Waals surface area (Å²) in [6, 6.07) is 5.82. The molecule has 0 spiro atoms. The minimum Gasteiger partial charge on any atom is -0.361 e. The molecule has 0 amide bonds. The fourth-order valence-electron chi connectivity index (χ4n) is 2.56. The number of nitrogens with zero attached hydrogens (tertiary/aromatic N) is 5. The van der Waals surface area contributed by atoms with Gasteiger partial charge in [0.2, 0.25) is 0 Å². The molecule has 3 aromatic rings. The molecule has 0 radical (unpaired) electrons. The molecular weight excluding hydrogens is 306 g/mol. The fraction of sp³-hybridized carbons (Fsp3) is 0.375. The van der Waals surface area contributed by atoms with Gasteiger partial charge in [0.15, 0.2) is 17.4 Å². The van der Waals surface area contributed by atoms with Gasteiger partial charge in [-0.2, -0.15) is 0 Å². The highest BCUT2D eigenvalue weighted by Crippen LogP contribution is 2.12. The van der Waals surface area contributed by atoms with E-state index in [1.54, 1.807) is 7.05 Å². The molecule has 8 nitrogen and oxygen atoms in total. The molecule has 8 heteroatoms. The molecule has 0 aromatic carbocycles. The maximum absolute atomic E-state index is 5.17. The predicted octanol–water partition coefficient (Wildman–Crippen LogP) is 1.24. The van der Waals surface area contributed by atoms with Crippen LogP contribution in [0.1, 0.15) is 22.8 Å². The Hall–Kier alpha value is -2.90. The number of aliphatic imine (C=N–C) groups is 1. The molecule has 0 saturated carbocycles. The van der Waals surface area contributed by atoms with Crippen LogP contribution in [0.25, 0.3) is 5.65 Å². The molecule has 0 aliphatic rings. The van der Waals surface area contributed by atoms with Gasteiger partial charge in [-0.25, -0.2) is 0 Å². The number of fused-ring (bicyclic) bond motifs is 1. The van der Waals surface area contributed by atoms with Gasteiger partial charge in [-0.05, 0) is 32.4 Å². The summed E-state index contributed by atoms with van der Waals surface area (Å²) in [6.07, 6.45) is 2.77. The highest BCUT2D eigenvalue weighted by molar-refractivity contribution is 5.79. The number of guanidine groups is 1. The van der Waals surface area contributed by atoms with E-state index in [-0.39, 0.29) is 0 Å². The van der Waals surface area contributed by atoms with Gasteiger partial charge in [-0.15, -0.1) is 10.2 Å². The zero-order valence-corrected chi connectivity index (χ0v) is 14.1. The Morgan fingerprint density at radius 2 is 2.12 bits per heavy atom. The molecule has 3 rings (SSSR count). The van der Waals surface area contributed by atoms with Gasteiger partial charge in [-0.3, -0.25) is 9.39 Å². The quantitative estimate of drug-likeness (QED) is 0.541. The summed E-state index contributed by atoms with van der Waals surface area (Å²) >= 11 is 0. The van der Waals surface area contributed by atoms with E-state index in [4.69, 9.17) is 4.52 Å². The van der Waals surface area contributed by atoms with E-state index in [2.05, 4.69) is 31.0 Å². The molecule has 0 aliphatic heterocycles. The van der Waals surface area contributed by atoms with Gasteiger partial charge in [0.05, 0.1) is 12.2 Å². The normalized spacial score (nSPS) is 11.9. The van der Waals surface area contributed by atoms with Crippen LogP contribution in [0, 0.1) is 13.8 Å². The number of pyridine rings is 1. The second kappa shape index (κ2) is 7.12. The largest absolute Gasteiger partial charge is 0.361 e. The van der Waals surface area contributed by atoms with Crippen LogP contribution in [0.15, 0.2) is 33.9 Å². The number of rotatable bonds is 5. The Labute approximate surface area is 140 Å². The zero-order chi connectivity index (χ0) is 16.9. The van der Waals surface area contributed by atoms with E-state index >= 15 is 0 Å². The van der Waals surface area contributed by atoms with E-state index in [0.717, 1.165) is 47.4 Å². The van der Waals surface area contributed by atoms with E-state index in [1.165, 1.54) is 0 Å². The lowest BCUT2D eigenvalue weighted by Crippen LogP contribution is -2.38. The van der Waals surface area contributed by atoms with Crippen molar-refractivity contribution in [1.29, 1.82) is 0 Å². The lowest BCUT2D eigenvalue weighted by molar-refractivity contribution is 0.392. The van der Waals surface area contributed by atoms with Crippen molar-refractivity contribution >= 4 is 11.6 Å². The molecule has 3 aromatic heterocycles. The molecule has 0 atom stereocenters. The first-order valence-electron chi connectivity index (χ1n) is 7.84. The molecule has 126 valence electrons. The molecule has 2 N–H and O–H groups in total. The van der Waals surface area contributed by atoms with Crippen LogP contribution in [-0.4, -0.2) is 39.3 Å². The van der Waals surface area contributed by atoms with Crippen LogP contribution >= 0.6 is 0 Å². The summed E-state index contributed by atoms with van der Waals surface area (Å²) in [5.41, 5.74) is 2.91. The Bertz CT molecular complexity index is 830. The van der Waals surface area contributed by atoms with Crippen LogP contribution in [-0.2, 0) is 13.0 Å². The topological polar surface area (TPSA) is 92.6 Å². The van der Waals surface area contributed by atoms with Crippen LogP contribution in [0.2, 0.25) is 0 Å². The molecular formula is C16H21N7O. The summed E-state index contributed by atoms with van der Waals surface area (Å²) in [7, 11) is 1.74. The van der Waals surface area contributed by atoms with Gasteiger partial charge in [0.25, 0.3) is 0 Å². The summed E-state index contributed by atoms with van der Waals surface area (Å²) in [5.74, 6) is 2.42. The number of aromatic nitrogens is 4. The monoisotopic (exact) mass is 327 g/mol. The minimum absolute atomic E-state index is 0.538. The molecule has 0 fully saturated rings. The van der Waals surface area contributed by atoms with Gasteiger partial charge >= 0.3 is 0 Å². The van der Waals surface area contributed by atoms with Crippen molar-refractivity contribution in [3.05, 3.63) is 47.2 Å². The smallest absolute Gasteiger partial charge is 0.191 e. The predicted molar refractivity (Wildman–Crippen MR) is 90.9 cm³/mol. The molecule has 0 saturated heterocycles. The average molecular weight is 327 g/mol. The first-order chi connectivity index (χ1) is 11.7. The zero-order valence-electron chi connectivity index (χ0n) is 14.1. The number of hydrogen-bond acceptors (Lipinski definition) is 5. The van der Waals surface area contributed by atoms with Crippen LogP contribution in [0.3, 0.4) is 0 Å². The highest BCUT2D eigenvalue weighted by atomic mass is 16.5. The summed E-state index contributed by atoms with van der Waals surface area (Å²) in [5, 5.41) is 18.8.